The van der Waals surface area contributed by atoms with Crippen molar-refractivity contribution in [3.8, 4) is 5.75 Å². The Hall–Kier alpha value is -1.48. The van der Waals surface area contributed by atoms with E-state index in [0.29, 0.717) is 23.8 Å². The van der Waals surface area contributed by atoms with Gasteiger partial charge in [-0.2, -0.15) is 0 Å². The second-order valence-electron chi connectivity index (χ2n) is 12.5. The molecule has 10 heteroatoms. The predicted molar refractivity (Wildman–Crippen MR) is 147 cm³/mol. The highest BCUT2D eigenvalue weighted by Crippen LogP contribution is 2.65. The fourth-order valence-corrected chi connectivity index (χ4v) is 6.67. The fraction of sp³-hybridized carbons (Fsp3) is 0.714. The van der Waals surface area contributed by atoms with Crippen LogP contribution in [-0.2, 0) is 25.2 Å². The SMILES string of the molecule is CCCCOC(=O)c1c(Cl)ccc(C[C@@H](Cl)B2OC3CC4CC(C4(C)C)[C@]3(C)O2)c1OC(=O)OC(C)(C)C. The number of rotatable bonds is 8. The van der Waals surface area contributed by atoms with E-state index >= 15 is 0 Å². The van der Waals surface area contributed by atoms with Gasteiger partial charge in [0.25, 0.3) is 0 Å². The van der Waals surface area contributed by atoms with E-state index in [1.165, 1.54) is 0 Å². The standard InChI is InChI=1S/C28H39BCl2O7/c1-8-9-12-34-24(32)22-18(30)11-10-16(23(22)35-25(33)36-26(2,3)4)13-21(31)29-37-20-15-17-14-19(27(17,5)6)28(20,7)38-29/h10-11,17,19-21H,8-9,12-15H2,1-7H3/t17?,19?,20?,21-,28+/m1/s1. The Bertz CT molecular complexity index is 1070. The lowest BCUT2D eigenvalue weighted by molar-refractivity contribution is -0.199. The summed E-state index contributed by atoms with van der Waals surface area (Å²) in [6.45, 7) is 14.1. The van der Waals surface area contributed by atoms with E-state index in [1.54, 1.807) is 32.9 Å². The van der Waals surface area contributed by atoms with Crippen molar-refractivity contribution in [1.29, 1.82) is 0 Å². The van der Waals surface area contributed by atoms with Crippen LogP contribution >= 0.6 is 23.2 Å². The van der Waals surface area contributed by atoms with Crippen LogP contribution in [0.2, 0.25) is 5.02 Å². The second kappa shape index (κ2) is 10.8. The lowest BCUT2D eigenvalue weighted by atomic mass is 9.43. The highest BCUT2D eigenvalue weighted by atomic mass is 35.5. The van der Waals surface area contributed by atoms with Gasteiger partial charge in [-0.05, 0) is 82.3 Å². The minimum Gasteiger partial charge on any atom is -0.462 e. The first-order valence-electron chi connectivity index (χ1n) is 13.5. The van der Waals surface area contributed by atoms with Crippen molar-refractivity contribution >= 4 is 42.4 Å². The maximum atomic E-state index is 13.0. The van der Waals surface area contributed by atoms with Crippen molar-refractivity contribution in [2.75, 3.05) is 6.61 Å². The number of ether oxygens (including phenoxy) is 3. The molecule has 1 heterocycles. The van der Waals surface area contributed by atoms with Crippen LogP contribution in [0, 0.1) is 17.3 Å². The van der Waals surface area contributed by atoms with Gasteiger partial charge in [0, 0.05) is 0 Å². The molecule has 3 saturated carbocycles. The van der Waals surface area contributed by atoms with E-state index in [4.69, 9.17) is 46.7 Å². The van der Waals surface area contributed by atoms with E-state index in [2.05, 4.69) is 20.8 Å². The van der Waals surface area contributed by atoms with Crippen molar-refractivity contribution in [3.05, 3.63) is 28.3 Å². The molecule has 5 rings (SSSR count). The van der Waals surface area contributed by atoms with Crippen LogP contribution in [0.5, 0.6) is 5.75 Å². The van der Waals surface area contributed by atoms with Gasteiger partial charge in [-0.25, -0.2) is 9.59 Å². The van der Waals surface area contributed by atoms with Gasteiger partial charge in [-0.1, -0.05) is 44.9 Å². The van der Waals surface area contributed by atoms with Gasteiger partial charge < -0.3 is 23.5 Å². The van der Waals surface area contributed by atoms with Crippen molar-refractivity contribution < 1.29 is 33.1 Å². The molecule has 4 fully saturated rings. The topological polar surface area (TPSA) is 80.3 Å². The summed E-state index contributed by atoms with van der Waals surface area (Å²) in [6.07, 6.45) is 2.87. The Labute approximate surface area is 236 Å². The molecule has 0 N–H and O–H groups in total. The Kier molecular flexibility index (Phi) is 8.41. The normalized spacial score (nSPS) is 28.2. The molecule has 4 aliphatic rings. The van der Waals surface area contributed by atoms with E-state index in [9.17, 15) is 9.59 Å². The maximum absolute atomic E-state index is 13.0. The van der Waals surface area contributed by atoms with Crippen LogP contribution in [0.25, 0.3) is 0 Å². The zero-order valence-electron chi connectivity index (χ0n) is 23.4. The molecule has 1 aromatic rings. The molecule has 0 spiro atoms. The van der Waals surface area contributed by atoms with Gasteiger partial charge in [0.2, 0.25) is 0 Å². The van der Waals surface area contributed by atoms with Crippen molar-refractivity contribution in [3.63, 3.8) is 0 Å². The van der Waals surface area contributed by atoms with E-state index in [0.717, 1.165) is 19.3 Å². The van der Waals surface area contributed by atoms with Crippen LogP contribution < -0.4 is 4.74 Å². The fourth-order valence-electron chi connectivity index (χ4n) is 6.16. The molecule has 0 amide bonds. The summed E-state index contributed by atoms with van der Waals surface area (Å²) in [4.78, 5) is 25.7. The first kappa shape index (κ1) is 29.5. The molecule has 3 aliphatic carbocycles. The average Bonchev–Trinajstić information content (AvgIpc) is 3.17. The smallest absolute Gasteiger partial charge is 0.462 e. The number of benzene rings is 1. The second-order valence-corrected chi connectivity index (χ2v) is 13.5. The molecule has 2 bridgehead atoms. The zero-order valence-corrected chi connectivity index (χ0v) is 24.9. The third kappa shape index (κ3) is 5.70. The monoisotopic (exact) mass is 568 g/mol. The summed E-state index contributed by atoms with van der Waals surface area (Å²) < 4.78 is 29.2. The Balaban J connectivity index is 1.58. The zero-order chi connectivity index (χ0) is 28.0. The molecule has 1 saturated heterocycles. The molecular weight excluding hydrogens is 530 g/mol. The summed E-state index contributed by atoms with van der Waals surface area (Å²) in [6, 6.07) is 3.26. The first-order valence-corrected chi connectivity index (χ1v) is 14.4. The van der Waals surface area contributed by atoms with Gasteiger partial charge in [-0.3, -0.25) is 0 Å². The van der Waals surface area contributed by atoms with E-state index in [-0.39, 0.29) is 40.9 Å². The Morgan fingerprint density at radius 1 is 1.21 bits per heavy atom. The van der Waals surface area contributed by atoms with Crippen LogP contribution in [0.1, 0.15) is 90.1 Å². The lowest BCUT2D eigenvalue weighted by Gasteiger charge is -2.64. The van der Waals surface area contributed by atoms with Gasteiger partial charge in [0.15, 0.2) is 5.75 Å². The Morgan fingerprint density at radius 2 is 1.92 bits per heavy atom. The molecular formula is C28H39BCl2O7. The van der Waals surface area contributed by atoms with Crippen molar-refractivity contribution in [1.82, 2.24) is 0 Å². The summed E-state index contributed by atoms with van der Waals surface area (Å²) >= 11 is 13.3. The van der Waals surface area contributed by atoms with Gasteiger partial charge in [0.05, 0.1) is 28.6 Å². The lowest BCUT2D eigenvalue weighted by Crippen LogP contribution is -2.65. The molecule has 38 heavy (non-hydrogen) atoms. The number of carbonyl (C=O) groups excluding carboxylic acids is 2. The number of carbonyl (C=O) groups is 2. The number of unbranched alkanes of at least 4 members (excludes halogenated alkanes) is 1. The number of halogens is 2. The third-order valence-electron chi connectivity index (χ3n) is 8.38. The summed E-state index contributed by atoms with van der Waals surface area (Å²) in [5, 5.41) is -0.502. The average molecular weight is 569 g/mol. The molecule has 1 aromatic carbocycles. The molecule has 7 nitrogen and oxygen atoms in total. The van der Waals surface area contributed by atoms with E-state index < -0.39 is 35.7 Å². The van der Waals surface area contributed by atoms with Gasteiger partial charge in [0.1, 0.15) is 11.2 Å². The molecule has 0 radical (unpaired) electrons. The molecule has 1 aliphatic heterocycles. The van der Waals surface area contributed by atoms with Crippen LogP contribution in [0.15, 0.2) is 12.1 Å². The van der Waals surface area contributed by atoms with Gasteiger partial charge in [-0.15, -0.1) is 11.6 Å². The van der Waals surface area contributed by atoms with Crippen LogP contribution in [0.3, 0.4) is 0 Å². The molecule has 3 unspecified atom stereocenters. The maximum Gasteiger partial charge on any atom is 0.514 e. The quantitative estimate of drug-likeness (QED) is 0.109. The predicted octanol–water partition coefficient (Wildman–Crippen LogP) is 7.03. The summed E-state index contributed by atoms with van der Waals surface area (Å²) in [5.74, 6) is 0.319. The van der Waals surface area contributed by atoms with Crippen LogP contribution in [-0.4, -0.2) is 48.4 Å². The minimum atomic E-state index is -0.955. The van der Waals surface area contributed by atoms with Gasteiger partial charge >= 0.3 is 19.2 Å². The first-order chi connectivity index (χ1) is 17.7. The third-order valence-corrected chi connectivity index (χ3v) is 9.05. The van der Waals surface area contributed by atoms with Crippen LogP contribution in [0.4, 0.5) is 4.79 Å². The molecule has 0 aromatic heterocycles. The number of alkyl halides is 1. The number of hydrogen-bond donors (Lipinski definition) is 0. The molecule has 5 atom stereocenters. The highest BCUT2D eigenvalue weighted by molar-refractivity contribution is 6.60. The Morgan fingerprint density at radius 3 is 2.55 bits per heavy atom. The number of hydrogen-bond acceptors (Lipinski definition) is 7. The van der Waals surface area contributed by atoms with Crippen molar-refractivity contribution in [2.24, 2.45) is 17.3 Å². The molecule has 210 valence electrons. The summed E-state index contributed by atoms with van der Waals surface area (Å²) in [7, 11) is -0.646. The minimum absolute atomic E-state index is 0.0164. The summed E-state index contributed by atoms with van der Waals surface area (Å²) in [5.41, 5.74) is -0.521. The number of esters is 1. The largest absolute Gasteiger partial charge is 0.514 e. The highest BCUT2D eigenvalue weighted by Gasteiger charge is 2.68. The van der Waals surface area contributed by atoms with Crippen molar-refractivity contribution in [2.45, 2.75) is 103 Å². The van der Waals surface area contributed by atoms with E-state index in [1.807, 2.05) is 6.92 Å².